The first kappa shape index (κ1) is 28.7. The number of piperidine rings is 1. The Morgan fingerprint density at radius 2 is 1.85 bits per heavy atom. The van der Waals surface area contributed by atoms with Crippen molar-refractivity contribution in [3.8, 4) is 0 Å². The number of carbonyl (C=O) groups is 1. The third-order valence-electron chi connectivity index (χ3n) is 6.60. The molecule has 0 radical (unpaired) electrons. The monoisotopic (exact) mass is 649 g/mol. The molecular formula is C27H30BrCl2N7O3. The number of nitrogens with one attached hydrogen (secondary N) is 1. The van der Waals surface area contributed by atoms with E-state index in [0.29, 0.717) is 50.5 Å². The number of carbonyl (C=O) groups excluding carboxylic acids is 1. The lowest BCUT2D eigenvalue weighted by molar-refractivity contribution is 0.0185. The summed E-state index contributed by atoms with van der Waals surface area (Å²) in [6, 6.07) is 3.75. The van der Waals surface area contributed by atoms with E-state index < -0.39 is 11.8 Å². The number of halogens is 3. The van der Waals surface area contributed by atoms with Crippen molar-refractivity contribution in [3.63, 3.8) is 0 Å². The number of amides is 1. The van der Waals surface area contributed by atoms with E-state index >= 15 is 0 Å². The summed E-state index contributed by atoms with van der Waals surface area (Å²) in [4.78, 5) is 24.7. The molecule has 1 aromatic carbocycles. The van der Waals surface area contributed by atoms with E-state index in [1.807, 2.05) is 38.6 Å². The van der Waals surface area contributed by atoms with E-state index in [1.165, 1.54) is 0 Å². The minimum absolute atomic E-state index is 0.164. The summed E-state index contributed by atoms with van der Waals surface area (Å²) in [7, 11) is 0. The van der Waals surface area contributed by atoms with Crippen LogP contribution in [0.1, 0.15) is 62.7 Å². The largest absolute Gasteiger partial charge is 0.444 e. The lowest BCUT2D eigenvalue weighted by Gasteiger charge is -2.33. The number of ether oxygens (including phenoxy) is 1. The van der Waals surface area contributed by atoms with Gasteiger partial charge in [0.25, 0.3) is 0 Å². The number of anilines is 3. The highest BCUT2D eigenvalue weighted by Gasteiger charge is 2.31. The molecule has 212 valence electrons. The molecule has 5 rings (SSSR count). The number of aryl methyl sites for hydroxylation is 1. The Hall–Kier alpha value is -2.86. The Bertz CT molecular complexity index is 1440. The van der Waals surface area contributed by atoms with Gasteiger partial charge in [-0.2, -0.15) is 5.10 Å². The van der Waals surface area contributed by atoms with Gasteiger partial charge in [-0.3, -0.25) is 4.68 Å². The van der Waals surface area contributed by atoms with Gasteiger partial charge in [0.1, 0.15) is 5.60 Å². The zero-order chi connectivity index (χ0) is 28.8. The number of hydrogen-bond acceptors (Lipinski definition) is 8. The van der Waals surface area contributed by atoms with Crippen LogP contribution in [-0.2, 0) is 4.74 Å². The molecule has 3 aromatic rings. The van der Waals surface area contributed by atoms with Crippen LogP contribution in [0.5, 0.6) is 0 Å². The molecule has 13 heteroatoms. The number of aliphatic hydroxyl groups is 1. The van der Waals surface area contributed by atoms with E-state index in [0.717, 1.165) is 24.1 Å². The van der Waals surface area contributed by atoms with Gasteiger partial charge < -0.3 is 25.0 Å². The van der Waals surface area contributed by atoms with Crippen molar-refractivity contribution in [2.24, 2.45) is 0 Å². The van der Waals surface area contributed by atoms with Gasteiger partial charge in [0.2, 0.25) is 5.95 Å². The minimum Gasteiger partial charge on any atom is -0.444 e. The fourth-order valence-corrected chi connectivity index (χ4v) is 6.06. The number of aliphatic hydroxyl groups excluding tert-OH is 1. The lowest BCUT2D eigenvalue weighted by atomic mass is 10.1. The van der Waals surface area contributed by atoms with Crippen LogP contribution in [0.4, 0.5) is 22.1 Å². The molecule has 0 bridgehead atoms. The van der Waals surface area contributed by atoms with Gasteiger partial charge in [-0.15, -0.1) is 0 Å². The number of rotatable bonds is 4. The fraction of sp³-hybridized carbons (Fsp3) is 0.407. The summed E-state index contributed by atoms with van der Waals surface area (Å²) in [5, 5.41) is 19.7. The van der Waals surface area contributed by atoms with Crippen molar-refractivity contribution in [2.45, 2.75) is 58.4 Å². The molecule has 2 aromatic heterocycles. The standard InChI is InChI=1S/C27H30BrCl2N7O3/c1-15-9-20(29)23(21(30)10-15)36-14-19(28)22-18(24(36)38)12-31-25(34-22)33-16-11-32-37(13-16)17-5-7-35(8-6-17)26(39)40-27(2,3)4/h9-14,17,24,38H,5-8H2,1-4H3,(H,31,33,34). The summed E-state index contributed by atoms with van der Waals surface area (Å²) in [6.07, 6.45) is 7.07. The molecular weight excluding hydrogens is 621 g/mol. The van der Waals surface area contributed by atoms with Gasteiger partial charge in [0, 0.05) is 37.2 Å². The first-order valence-electron chi connectivity index (χ1n) is 12.9. The van der Waals surface area contributed by atoms with Crippen molar-refractivity contribution < 1.29 is 14.6 Å². The van der Waals surface area contributed by atoms with E-state index in [4.69, 9.17) is 27.9 Å². The zero-order valence-electron chi connectivity index (χ0n) is 22.5. The highest BCUT2D eigenvalue weighted by molar-refractivity contribution is 9.15. The molecule has 10 nitrogen and oxygen atoms in total. The Morgan fingerprint density at radius 1 is 1.18 bits per heavy atom. The van der Waals surface area contributed by atoms with Crippen LogP contribution in [0, 0.1) is 6.92 Å². The van der Waals surface area contributed by atoms with Crippen molar-refractivity contribution in [2.75, 3.05) is 23.3 Å². The highest BCUT2D eigenvalue weighted by atomic mass is 79.9. The van der Waals surface area contributed by atoms with Crippen LogP contribution in [-0.4, -0.2) is 54.5 Å². The molecule has 2 aliphatic heterocycles. The first-order valence-corrected chi connectivity index (χ1v) is 14.4. The molecule has 1 fully saturated rings. The molecule has 0 spiro atoms. The van der Waals surface area contributed by atoms with Gasteiger partial charge in [0.15, 0.2) is 6.23 Å². The maximum absolute atomic E-state index is 12.4. The van der Waals surface area contributed by atoms with Crippen molar-refractivity contribution in [3.05, 3.63) is 63.8 Å². The second kappa shape index (κ2) is 11.2. The topological polar surface area (TPSA) is 109 Å². The Kier molecular flexibility index (Phi) is 8.02. The van der Waals surface area contributed by atoms with Gasteiger partial charge in [-0.05, 0) is 74.2 Å². The molecule has 0 saturated carbocycles. The SMILES string of the molecule is Cc1cc(Cl)c(N2C=C(Br)c3nc(Nc4cnn(C5CCN(C(=O)OC(C)(C)C)CC5)c4)ncc3C2O)c(Cl)c1. The Labute approximate surface area is 251 Å². The Morgan fingerprint density at radius 3 is 2.50 bits per heavy atom. The van der Waals surface area contributed by atoms with E-state index in [-0.39, 0.29) is 12.1 Å². The van der Waals surface area contributed by atoms with Gasteiger partial charge in [0.05, 0.1) is 43.8 Å². The minimum atomic E-state index is -1.09. The quantitative estimate of drug-likeness (QED) is 0.317. The van der Waals surface area contributed by atoms with Crippen LogP contribution < -0.4 is 10.2 Å². The summed E-state index contributed by atoms with van der Waals surface area (Å²) in [5.41, 5.74) is 2.67. The molecule has 0 aliphatic carbocycles. The predicted molar refractivity (Wildman–Crippen MR) is 159 cm³/mol. The average molecular weight is 651 g/mol. The first-order chi connectivity index (χ1) is 18.9. The van der Waals surface area contributed by atoms with E-state index in [2.05, 4.69) is 36.3 Å². The molecule has 2 aliphatic rings. The van der Waals surface area contributed by atoms with E-state index in [9.17, 15) is 9.90 Å². The maximum Gasteiger partial charge on any atom is 0.410 e. The molecule has 1 atom stereocenters. The summed E-state index contributed by atoms with van der Waals surface area (Å²) >= 11 is 16.5. The van der Waals surface area contributed by atoms with Crippen LogP contribution in [0.25, 0.3) is 4.48 Å². The third-order valence-corrected chi connectivity index (χ3v) is 7.76. The predicted octanol–water partition coefficient (Wildman–Crippen LogP) is 6.81. The molecule has 4 heterocycles. The molecule has 40 heavy (non-hydrogen) atoms. The maximum atomic E-state index is 12.4. The van der Waals surface area contributed by atoms with Crippen LogP contribution in [0.3, 0.4) is 0 Å². The van der Waals surface area contributed by atoms with Crippen molar-refractivity contribution in [1.29, 1.82) is 0 Å². The number of likely N-dealkylation sites (tertiary alicyclic amines) is 1. The number of nitrogens with zero attached hydrogens (tertiary/aromatic N) is 6. The number of fused-ring (bicyclic) bond motifs is 1. The normalized spacial score (nSPS) is 17.9. The molecule has 2 N–H and O–H groups in total. The fourth-order valence-electron chi connectivity index (χ4n) is 4.73. The average Bonchev–Trinajstić information content (AvgIpc) is 3.34. The van der Waals surface area contributed by atoms with Crippen LogP contribution >= 0.6 is 39.1 Å². The van der Waals surface area contributed by atoms with E-state index in [1.54, 1.807) is 40.5 Å². The number of benzene rings is 1. The number of aromatic nitrogens is 4. The molecule has 1 unspecified atom stereocenters. The third kappa shape index (κ3) is 6.07. The van der Waals surface area contributed by atoms with Gasteiger partial charge in [-0.25, -0.2) is 14.8 Å². The van der Waals surface area contributed by atoms with Gasteiger partial charge in [-0.1, -0.05) is 23.2 Å². The van der Waals surface area contributed by atoms with Crippen LogP contribution in [0.15, 0.2) is 36.9 Å². The Balaban J connectivity index is 1.27. The van der Waals surface area contributed by atoms with Crippen molar-refractivity contribution >= 4 is 67.0 Å². The number of hydrogen-bond donors (Lipinski definition) is 2. The summed E-state index contributed by atoms with van der Waals surface area (Å²) in [5.74, 6) is 0.357. The second-order valence-electron chi connectivity index (χ2n) is 10.9. The molecule has 1 saturated heterocycles. The van der Waals surface area contributed by atoms with Crippen LogP contribution in [0.2, 0.25) is 10.0 Å². The highest BCUT2D eigenvalue weighted by Crippen LogP contribution is 2.44. The summed E-state index contributed by atoms with van der Waals surface area (Å²) < 4.78 is 8.03. The summed E-state index contributed by atoms with van der Waals surface area (Å²) in [6.45, 7) is 8.71. The molecule has 1 amide bonds. The lowest BCUT2D eigenvalue weighted by Crippen LogP contribution is -2.42. The second-order valence-corrected chi connectivity index (χ2v) is 12.5. The van der Waals surface area contributed by atoms with Crippen molar-refractivity contribution in [1.82, 2.24) is 24.6 Å². The van der Waals surface area contributed by atoms with Gasteiger partial charge >= 0.3 is 6.09 Å². The smallest absolute Gasteiger partial charge is 0.410 e. The zero-order valence-corrected chi connectivity index (χ0v) is 25.6.